The second-order valence-corrected chi connectivity index (χ2v) is 5.20. The summed E-state index contributed by atoms with van der Waals surface area (Å²) in [5.41, 5.74) is 0. The minimum absolute atomic E-state index is 0.131. The lowest BCUT2D eigenvalue weighted by Gasteiger charge is -2.16. The van der Waals surface area contributed by atoms with Gasteiger partial charge in [-0.1, -0.05) is 13.8 Å². The van der Waals surface area contributed by atoms with Crippen molar-refractivity contribution in [2.75, 3.05) is 6.54 Å². The van der Waals surface area contributed by atoms with Crippen LogP contribution in [0, 0.1) is 5.92 Å². The highest BCUT2D eigenvalue weighted by Crippen LogP contribution is 2.04. The molecule has 4 N–H and O–H groups in total. The number of furan rings is 1. The zero-order chi connectivity index (χ0) is 16.5. The Morgan fingerprint density at radius 3 is 2.55 bits per heavy atom. The van der Waals surface area contributed by atoms with Crippen LogP contribution >= 0.6 is 0 Å². The van der Waals surface area contributed by atoms with Crippen LogP contribution in [0.4, 0.5) is 4.79 Å². The lowest BCUT2D eigenvalue weighted by molar-refractivity contribution is -0.142. The van der Waals surface area contributed by atoms with Gasteiger partial charge >= 0.3 is 12.0 Å². The van der Waals surface area contributed by atoms with Gasteiger partial charge in [0.2, 0.25) is 5.91 Å². The van der Waals surface area contributed by atoms with Crippen molar-refractivity contribution in [2.24, 2.45) is 5.92 Å². The first-order valence-electron chi connectivity index (χ1n) is 6.94. The van der Waals surface area contributed by atoms with Crippen LogP contribution in [0.1, 0.15) is 26.0 Å². The average molecular weight is 311 g/mol. The Hall–Kier alpha value is -2.51. The van der Waals surface area contributed by atoms with Gasteiger partial charge in [0.25, 0.3) is 0 Å². The molecule has 1 aromatic rings. The van der Waals surface area contributed by atoms with Gasteiger partial charge in [0.15, 0.2) is 0 Å². The molecule has 0 radical (unpaired) electrons. The van der Waals surface area contributed by atoms with E-state index < -0.39 is 23.9 Å². The van der Waals surface area contributed by atoms with Crippen LogP contribution in [0.25, 0.3) is 0 Å². The number of amides is 3. The van der Waals surface area contributed by atoms with E-state index in [0.717, 1.165) is 0 Å². The van der Waals surface area contributed by atoms with Crippen molar-refractivity contribution in [3.05, 3.63) is 24.2 Å². The zero-order valence-corrected chi connectivity index (χ0v) is 12.6. The first kappa shape index (κ1) is 17.5. The van der Waals surface area contributed by atoms with E-state index >= 15 is 0 Å². The third kappa shape index (κ3) is 6.78. The highest BCUT2D eigenvalue weighted by molar-refractivity contribution is 5.87. The summed E-state index contributed by atoms with van der Waals surface area (Å²) in [7, 11) is 0. The minimum Gasteiger partial charge on any atom is -0.480 e. The van der Waals surface area contributed by atoms with Gasteiger partial charge in [0.05, 0.1) is 19.4 Å². The van der Waals surface area contributed by atoms with Gasteiger partial charge < -0.3 is 25.5 Å². The number of nitrogens with one attached hydrogen (secondary N) is 3. The van der Waals surface area contributed by atoms with Crippen LogP contribution in [0.2, 0.25) is 0 Å². The zero-order valence-electron chi connectivity index (χ0n) is 12.6. The number of carboxylic acid groups (broad SMARTS) is 1. The summed E-state index contributed by atoms with van der Waals surface area (Å²) < 4.78 is 5.04. The van der Waals surface area contributed by atoms with Crippen molar-refractivity contribution in [3.8, 4) is 0 Å². The molecule has 0 saturated heterocycles. The van der Waals surface area contributed by atoms with Gasteiger partial charge in [-0.15, -0.1) is 0 Å². The van der Waals surface area contributed by atoms with Crippen LogP contribution in [-0.2, 0) is 16.1 Å². The molecular weight excluding hydrogens is 290 g/mol. The molecule has 22 heavy (non-hydrogen) atoms. The predicted molar refractivity (Wildman–Crippen MR) is 78.0 cm³/mol. The molecular formula is C14H21N3O5. The summed E-state index contributed by atoms with van der Waals surface area (Å²) in [4.78, 5) is 34.1. The fourth-order valence-electron chi connectivity index (χ4n) is 1.74. The maximum atomic E-state index is 11.6. The van der Waals surface area contributed by atoms with E-state index in [4.69, 9.17) is 9.52 Å². The summed E-state index contributed by atoms with van der Waals surface area (Å²) in [6.45, 7) is 3.63. The number of hydrogen-bond donors (Lipinski definition) is 4. The second-order valence-electron chi connectivity index (χ2n) is 5.20. The third-order valence-electron chi connectivity index (χ3n) is 2.75. The molecule has 1 aromatic heterocycles. The van der Waals surface area contributed by atoms with Gasteiger partial charge in [-0.25, -0.2) is 9.59 Å². The number of aliphatic carboxylic acids is 1. The van der Waals surface area contributed by atoms with Gasteiger partial charge in [0, 0.05) is 0 Å². The van der Waals surface area contributed by atoms with Gasteiger partial charge in [0.1, 0.15) is 11.8 Å². The highest BCUT2D eigenvalue weighted by atomic mass is 16.4. The van der Waals surface area contributed by atoms with E-state index in [1.165, 1.54) is 6.26 Å². The molecule has 0 aliphatic rings. The first-order valence-corrected chi connectivity index (χ1v) is 6.94. The molecule has 0 spiro atoms. The van der Waals surface area contributed by atoms with Crippen molar-refractivity contribution >= 4 is 17.9 Å². The van der Waals surface area contributed by atoms with Crippen LogP contribution in [-0.4, -0.2) is 35.6 Å². The van der Waals surface area contributed by atoms with Crippen molar-refractivity contribution < 1.29 is 23.9 Å². The van der Waals surface area contributed by atoms with Crippen LogP contribution in [0.15, 0.2) is 22.8 Å². The van der Waals surface area contributed by atoms with Gasteiger partial charge in [-0.05, 0) is 24.5 Å². The molecule has 0 bridgehead atoms. The normalized spacial score (nSPS) is 11.8. The fourth-order valence-corrected chi connectivity index (χ4v) is 1.74. The molecule has 0 aliphatic carbocycles. The molecule has 3 amide bonds. The van der Waals surface area contributed by atoms with E-state index in [1.807, 2.05) is 13.8 Å². The van der Waals surface area contributed by atoms with Crippen molar-refractivity contribution in [3.63, 3.8) is 0 Å². The summed E-state index contributed by atoms with van der Waals surface area (Å²) in [5, 5.41) is 16.2. The molecule has 1 atom stereocenters. The Morgan fingerprint density at radius 1 is 1.27 bits per heavy atom. The third-order valence-corrected chi connectivity index (χ3v) is 2.75. The number of hydrogen-bond acceptors (Lipinski definition) is 4. The average Bonchev–Trinajstić information content (AvgIpc) is 2.94. The Labute approximate surface area is 128 Å². The molecule has 0 aromatic carbocycles. The van der Waals surface area contributed by atoms with E-state index in [-0.39, 0.29) is 19.0 Å². The number of urea groups is 1. The molecule has 1 heterocycles. The molecule has 0 saturated carbocycles. The Morgan fingerprint density at radius 2 is 2.00 bits per heavy atom. The van der Waals surface area contributed by atoms with Crippen molar-refractivity contribution in [1.82, 2.24) is 16.0 Å². The van der Waals surface area contributed by atoms with Crippen LogP contribution < -0.4 is 16.0 Å². The quantitative estimate of drug-likeness (QED) is 0.563. The fraction of sp³-hybridized carbons (Fsp3) is 0.500. The lowest BCUT2D eigenvalue weighted by Crippen LogP contribution is -2.47. The van der Waals surface area contributed by atoms with Crippen LogP contribution in [0.3, 0.4) is 0 Å². The van der Waals surface area contributed by atoms with Crippen LogP contribution in [0.5, 0.6) is 0 Å². The maximum absolute atomic E-state index is 11.6. The molecule has 122 valence electrons. The number of carboxylic acids is 1. The van der Waals surface area contributed by atoms with E-state index in [1.54, 1.807) is 12.1 Å². The summed E-state index contributed by atoms with van der Waals surface area (Å²) in [6, 6.07) is 1.90. The molecule has 1 rings (SSSR count). The predicted octanol–water partition coefficient (Wildman–Crippen LogP) is 0.694. The minimum atomic E-state index is -1.09. The van der Waals surface area contributed by atoms with E-state index in [0.29, 0.717) is 12.2 Å². The Kier molecular flexibility index (Phi) is 6.94. The van der Waals surface area contributed by atoms with Crippen molar-refractivity contribution in [2.45, 2.75) is 32.9 Å². The Bertz CT molecular complexity index is 499. The molecule has 0 unspecified atom stereocenters. The number of rotatable bonds is 8. The topological polar surface area (TPSA) is 121 Å². The molecule has 0 aliphatic heterocycles. The molecule has 8 nitrogen and oxygen atoms in total. The SMILES string of the molecule is CC(C)C[C@@H](NC(=O)CNC(=O)NCc1ccco1)C(=O)O. The highest BCUT2D eigenvalue weighted by Gasteiger charge is 2.21. The van der Waals surface area contributed by atoms with E-state index in [2.05, 4.69) is 16.0 Å². The number of carbonyl (C=O) groups is 3. The summed E-state index contributed by atoms with van der Waals surface area (Å²) in [6.07, 6.45) is 1.81. The largest absolute Gasteiger partial charge is 0.480 e. The maximum Gasteiger partial charge on any atom is 0.326 e. The van der Waals surface area contributed by atoms with Crippen molar-refractivity contribution in [1.29, 1.82) is 0 Å². The Balaban J connectivity index is 2.28. The lowest BCUT2D eigenvalue weighted by atomic mass is 10.0. The van der Waals surface area contributed by atoms with E-state index in [9.17, 15) is 14.4 Å². The van der Waals surface area contributed by atoms with Gasteiger partial charge in [-0.2, -0.15) is 0 Å². The monoisotopic (exact) mass is 311 g/mol. The molecule has 8 heteroatoms. The van der Waals surface area contributed by atoms with Gasteiger partial charge in [-0.3, -0.25) is 4.79 Å². The number of carbonyl (C=O) groups excluding carboxylic acids is 2. The smallest absolute Gasteiger partial charge is 0.326 e. The molecule has 0 fully saturated rings. The summed E-state index contributed by atoms with van der Waals surface area (Å²) in [5.74, 6) is -0.932. The summed E-state index contributed by atoms with van der Waals surface area (Å²) >= 11 is 0. The standard InChI is InChI=1S/C14H21N3O5/c1-9(2)6-11(13(19)20)17-12(18)8-16-14(21)15-7-10-4-3-5-22-10/h3-5,9,11H,6-8H2,1-2H3,(H,17,18)(H,19,20)(H2,15,16,21)/t11-/m1/s1. The second kappa shape index (κ2) is 8.71. The first-order chi connectivity index (χ1) is 10.4.